The average molecular weight is 287 g/mol. The first-order valence-electron chi connectivity index (χ1n) is 8.69. The first-order valence-corrected chi connectivity index (χ1v) is 8.69. The standard InChI is InChI=1S/C20H33N/c1-15(2)16-11-13-18(14-12-16)21-19(20(3,4)5)17-9-7-6-8-10-17/h6-10,15-16,18-19,21H,11-14H2,1-5H3. The summed E-state index contributed by atoms with van der Waals surface area (Å²) in [6.07, 6.45) is 5.45. The molecular formula is C20H33N. The Morgan fingerprint density at radius 2 is 1.52 bits per heavy atom. The molecule has 1 fully saturated rings. The van der Waals surface area contributed by atoms with Crippen LogP contribution in [0.5, 0.6) is 0 Å². The zero-order valence-electron chi connectivity index (χ0n) is 14.5. The second-order valence-corrected chi connectivity index (χ2v) is 8.23. The average Bonchev–Trinajstić information content (AvgIpc) is 2.45. The van der Waals surface area contributed by atoms with Gasteiger partial charge in [-0.05, 0) is 48.5 Å². The Balaban J connectivity index is 2.01. The summed E-state index contributed by atoms with van der Waals surface area (Å²) >= 11 is 0. The van der Waals surface area contributed by atoms with Crippen LogP contribution < -0.4 is 5.32 Å². The minimum atomic E-state index is 0.246. The molecule has 1 saturated carbocycles. The topological polar surface area (TPSA) is 12.0 Å². The van der Waals surface area contributed by atoms with Gasteiger partial charge in [0.15, 0.2) is 0 Å². The van der Waals surface area contributed by atoms with Gasteiger partial charge in [-0.25, -0.2) is 0 Å². The van der Waals surface area contributed by atoms with Crippen LogP contribution in [-0.2, 0) is 0 Å². The van der Waals surface area contributed by atoms with E-state index in [4.69, 9.17) is 0 Å². The zero-order valence-corrected chi connectivity index (χ0v) is 14.5. The number of nitrogens with one attached hydrogen (secondary N) is 1. The van der Waals surface area contributed by atoms with E-state index in [0.717, 1.165) is 11.8 Å². The maximum atomic E-state index is 3.97. The minimum absolute atomic E-state index is 0.246. The van der Waals surface area contributed by atoms with E-state index in [2.05, 4.69) is 70.3 Å². The summed E-state index contributed by atoms with van der Waals surface area (Å²) in [7, 11) is 0. The molecule has 2 rings (SSSR count). The normalized spacial score (nSPS) is 25.0. The molecule has 0 heterocycles. The fourth-order valence-electron chi connectivity index (χ4n) is 3.68. The second kappa shape index (κ2) is 6.96. The summed E-state index contributed by atoms with van der Waals surface area (Å²) in [6, 6.07) is 12.1. The predicted molar refractivity (Wildman–Crippen MR) is 92.4 cm³/mol. The van der Waals surface area contributed by atoms with Gasteiger partial charge in [0.05, 0.1) is 0 Å². The van der Waals surface area contributed by atoms with Crippen LogP contribution in [0, 0.1) is 17.3 Å². The molecule has 0 saturated heterocycles. The second-order valence-electron chi connectivity index (χ2n) is 8.23. The summed E-state index contributed by atoms with van der Waals surface area (Å²) in [5.74, 6) is 1.78. The van der Waals surface area contributed by atoms with Gasteiger partial charge in [-0.15, -0.1) is 0 Å². The van der Waals surface area contributed by atoms with Gasteiger partial charge in [0.1, 0.15) is 0 Å². The van der Waals surface area contributed by atoms with Crippen LogP contribution in [0.2, 0.25) is 0 Å². The molecule has 0 aromatic heterocycles. The molecule has 1 aliphatic rings. The third kappa shape index (κ3) is 4.57. The largest absolute Gasteiger partial charge is 0.307 e. The van der Waals surface area contributed by atoms with Crippen LogP contribution in [0.25, 0.3) is 0 Å². The summed E-state index contributed by atoms with van der Waals surface area (Å²) in [5.41, 5.74) is 1.67. The SMILES string of the molecule is CC(C)C1CCC(NC(c2ccccc2)C(C)(C)C)CC1. The molecule has 0 aliphatic heterocycles. The molecule has 1 unspecified atom stereocenters. The molecule has 0 amide bonds. The molecule has 1 aromatic carbocycles. The van der Waals surface area contributed by atoms with E-state index in [9.17, 15) is 0 Å². The summed E-state index contributed by atoms with van der Waals surface area (Å²) < 4.78 is 0. The highest BCUT2D eigenvalue weighted by atomic mass is 15.0. The molecule has 1 heteroatoms. The molecule has 1 N–H and O–H groups in total. The van der Waals surface area contributed by atoms with Crippen LogP contribution in [0.15, 0.2) is 30.3 Å². The molecule has 1 aromatic rings. The number of rotatable bonds is 4. The Morgan fingerprint density at radius 1 is 0.952 bits per heavy atom. The zero-order chi connectivity index (χ0) is 15.5. The van der Waals surface area contributed by atoms with Crippen molar-refractivity contribution in [2.45, 2.75) is 72.4 Å². The van der Waals surface area contributed by atoms with E-state index in [-0.39, 0.29) is 5.41 Å². The highest BCUT2D eigenvalue weighted by Gasteiger charge is 2.30. The van der Waals surface area contributed by atoms with Gasteiger partial charge in [-0.3, -0.25) is 0 Å². The lowest BCUT2D eigenvalue weighted by molar-refractivity contribution is 0.189. The van der Waals surface area contributed by atoms with Gasteiger partial charge < -0.3 is 5.32 Å². The molecule has 1 atom stereocenters. The van der Waals surface area contributed by atoms with Crippen LogP contribution in [0.4, 0.5) is 0 Å². The summed E-state index contributed by atoms with van der Waals surface area (Å²) in [6.45, 7) is 11.8. The predicted octanol–water partition coefficient (Wildman–Crippen LogP) is 5.58. The van der Waals surface area contributed by atoms with E-state index in [1.165, 1.54) is 31.2 Å². The lowest BCUT2D eigenvalue weighted by atomic mass is 9.77. The van der Waals surface area contributed by atoms with Crippen LogP contribution >= 0.6 is 0 Å². The third-order valence-electron chi connectivity index (χ3n) is 5.12. The Hall–Kier alpha value is -0.820. The van der Waals surface area contributed by atoms with Crippen molar-refractivity contribution in [2.24, 2.45) is 17.3 Å². The van der Waals surface area contributed by atoms with Crippen molar-refractivity contribution < 1.29 is 0 Å². The highest BCUT2D eigenvalue weighted by Crippen LogP contribution is 2.36. The first kappa shape index (κ1) is 16.5. The van der Waals surface area contributed by atoms with Crippen molar-refractivity contribution in [3.05, 3.63) is 35.9 Å². The fraction of sp³-hybridized carbons (Fsp3) is 0.700. The lowest BCUT2D eigenvalue weighted by Gasteiger charge is -2.38. The van der Waals surface area contributed by atoms with Gasteiger partial charge in [-0.1, -0.05) is 65.0 Å². The Morgan fingerprint density at radius 3 is 2.00 bits per heavy atom. The van der Waals surface area contributed by atoms with Gasteiger partial charge in [0, 0.05) is 12.1 Å². The number of hydrogen-bond acceptors (Lipinski definition) is 1. The highest BCUT2D eigenvalue weighted by molar-refractivity contribution is 5.21. The van der Waals surface area contributed by atoms with Crippen molar-refractivity contribution >= 4 is 0 Å². The third-order valence-corrected chi connectivity index (χ3v) is 5.12. The van der Waals surface area contributed by atoms with Gasteiger partial charge in [0.25, 0.3) is 0 Å². The van der Waals surface area contributed by atoms with E-state index in [1.807, 2.05) is 0 Å². The minimum Gasteiger partial charge on any atom is -0.307 e. The Labute approximate surface area is 131 Å². The molecule has 0 radical (unpaired) electrons. The van der Waals surface area contributed by atoms with Crippen molar-refractivity contribution in [2.75, 3.05) is 0 Å². The monoisotopic (exact) mass is 287 g/mol. The van der Waals surface area contributed by atoms with Crippen molar-refractivity contribution in [3.63, 3.8) is 0 Å². The van der Waals surface area contributed by atoms with Crippen molar-refractivity contribution in [1.82, 2.24) is 5.32 Å². The molecular weight excluding hydrogens is 254 g/mol. The summed E-state index contributed by atoms with van der Waals surface area (Å²) in [4.78, 5) is 0. The Kier molecular flexibility index (Phi) is 5.48. The van der Waals surface area contributed by atoms with Gasteiger partial charge in [0.2, 0.25) is 0 Å². The van der Waals surface area contributed by atoms with E-state index in [0.29, 0.717) is 12.1 Å². The number of benzene rings is 1. The van der Waals surface area contributed by atoms with Gasteiger partial charge in [-0.2, -0.15) is 0 Å². The van der Waals surface area contributed by atoms with E-state index in [1.54, 1.807) is 0 Å². The van der Waals surface area contributed by atoms with E-state index >= 15 is 0 Å². The quantitative estimate of drug-likeness (QED) is 0.762. The number of hydrogen-bond donors (Lipinski definition) is 1. The van der Waals surface area contributed by atoms with Crippen LogP contribution in [-0.4, -0.2) is 6.04 Å². The molecule has 1 aliphatic carbocycles. The van der Waals surface area contributed by atoms with Crippen molar-refractivity contribution in [3.8, 4) is 0 Å². The Bertz CT molecular complexity index is 407. The molecule has 0 spiro atoms. The van der Waals surface area contributed by atoms with Gasteiger partial charge >= 0.3 is 0 Å². The van der Waals surface area contributed by atoms with E-state index < -0.39 is 0 Å². The summed E-state index contributed by atoms with van der Waals surface area (Å²) in [5, 5.41) is 3.97. The fourth-order valence-corrected chi connectivity index (χ4v) is 3.68. The molecule has 118 valence electrons. The van der Waals surface area contributed by atoms with Crippen molar-refractivity contribution in [1.29, 1.82) is 0 Å². The molecule has 1 nitrogen and oxygen atoms in total. The first-order chi connectivity index (χ1) is 9.88. The lowest BCUT2D eigenvalue weighted by Crippen LogP contribution is -2.41. The van der Waals surface area contributed by atoms with Crippen LogP contribution in [0.1, 0.15) is 71.9 Å². The van der Waals surface area contributed by atoms with Crippen LogP contribution in [0.3, 0.4) is 0 Å². The molecule has 0 bridgehead atoms. The maximum absolute atomic E-state index is 3.97. The maximum Gasteiger partial charge on any atom is 0.0371 e. The molecule has 21 heavy (non-hydrogen) atoms. The smallest absolute Gasteiger partial charge is 0.0371 e.